The van der Waals surface area contributed by atoms with Gasteiger partial charge in [-0.15, -0.1) is 17.0 Å². The van der Waals surface area contributed by atoms with Crippen molar-refractivity contribution >= 4 is 51.5 Å². The Balaban J connectivity index is 0.00000504. The van der Waals surface area contributed by atoms with Gasteiger partial charge in [0.1, 0.15) is 17.2 Å². The molecule has 0 N–H and O–H groups in total. The third kappa shape index (κ3) is 8.43. The Kier molecular flexibility index (Phi) is 11.5. The first-order valence-electron chi connectivity index (χ1n) is 16.0. The van der Waals surface area contributed by atoms with Crippen molar-refractivity contribution in [2.45, 2.75) is 6.18 Å². The Hall–Kier alpha value is -5.14. The lowest BCUT2D eigenvalue weighted by atomic mass is 10.1. The Morgan fingerprint density at radius 1 is 0.941 bits per heavy atom. The number of anilines is 1. The first-order chi connectivity index (χ1) is 24.0. The third-order valence-corrected chi connectivity index (χ3v) is 8.79. The Bertz CT molecular complexity index is 2020. The fraction of sp³-hybridized carbons (Fsp3) is 0.237. The molecule has 0 atom stereocenters. The molecule has 3 heterocycles. The average molecular weight is 765 g/mol. The minimum absolute atomic E-state index is 0. The number of fused-ring (bicyclic) bond motifs is 1. The number of amides is 2. The molecule has 2 aromatic heterocycles. The van der Waals surface area contributed by atoms with Crippen molar-refractivity contribution in [3.8, 4) is 17.4 Å². The van der Waals surface area contributed by atoms with E-state index in [1.807, 2.05) is 59.0 Å². The molecule has 5 aromatic rings. The summed E-state index contributed by atoms with van der Waals surface area (Å²) >= 11 is 0. The summed E-state index contributed by atoms with van der Waals surface area (Å²) in [5, 5.41) is 0.840. The molecule has 266 valence electrons. The van der Waals surface area contributed by atoms with Crippen LogP contribution >= 0.6 is 17.0 Å². The van der Waals surface area contributed by atoms with Gasteiger partial charge >= 0.3 is 6.18 Å². The monoisotopic (exact) mass is 763 g/mol. The quantitative estimate of drug-likeness (QED) is 0.153. The van der Waals surface area contributed by atoms with Crippen LogP contribution in [-0.4, -0.2) is 78.0 Å². The number of rotatable bonds is 9. The molecule has 0 unspecified atom stereocenters. The first-order valence-corrected chi connectivity index (χ1v) is 16.0. The van der Waals surface area contributed by atoms with Gasteiger partial charge in [-0.2, -0.15) is 13.2 Å². The second-order valence-electron chi connectivity index (χ2n) is 11.9. The molecular weight excluding hydrogens is 727 g/mol. The summed E-state index contributed by atoms with van der Waals surface area (Å²) in [6.07, 6.45) is 1.15. The highest BCUT2D eigenvalue weighted by molar-refractivity contribution is 8.93. The molecule has 0 saturated carbocycles. The average Bonchev–Trinajstić information content (AvgIpc) is 3.46. The zero-order chi connectivity index (χ0) is 35.4. The lowest BCUT2D eigenvalue weighted by Crippen LogP contribution is -2.48. The van der Waals surface area contributed by atoms with E-state index in [0.29, 0.717) is 30.2 Å². The summed E-state index contributed by atoms with van der Waals surface area (Å²) in [4.78, 5) is 36.2. The van der Waals surface area contributed by atoms with Crippen molar-refractivity contribution in [2.24, 2.45) is 7.05 Å². The maximum absolute atomic E-state index is 13.6. The number of carbonyl (C=O) groups excluding carboxylic acids is 2. The maximum atomic E-state index is 13.6. The molecule has 1 fully saturated rings. The van der Waals surface area contributed by atoms with Crippen LogP contribution in [0.2, 0.25) is 0 Å². The molecular formula is C38H37BrF3N5O4. The fourth-order valence-corrected chi connectivity index (χ4v) is 5.89. The van der Waals surface area contributed by atoms with Gasteiger partial charge in [-0.25, -0.2) is 4.98 Å². The Labute approximate surface area is 304 Å². The van der Waals surface area contributed by atoms with E-state index >= 15 is 0 Å². The Morgan fingerprint density at radius 2 is 1.67 bits per heavy atom. The number of ether oxygens (including phenoxy) is 2. The summed E-state index contributed by atoms with van der Waals surface area (Å²) in [7, 11) is 5.05. The second-order valence-corrected chi connectivity index (χ2v) is 11.9. The molecule has 51 heavy (non-hydrogen) atoms. The summed E-state index contributed by atoms with van der Waals surface area (Å²) in [6.45, 7) is 3.59. The molecule has 9 nitrogen and oxygen atoms in total. The van der Waals surface area contributed by atoms with Crippen LogP contribution in [0.15, 0.2) is 97.2 Å². The lowest BCUT2D eigenvalue weighted by molar-refractivity contribution is -0.137. The van der Waals surface area contributed by atoms with E-state index in [-0.39, 0.29) is 34.3 Å². The number of pyridine rings is 1. The van der Waals surface area contributed by atoms with Crippen molar-refractivity contribution in [3.63, 3.8) is 0 Å². The van der Waals surface area contributed by atoms with Gasteiger partial charge in [-0.1, -0.05) is 30.4 Å². The van der Waals surface area contributed by atoms with Crippen LogP contribution in [0.3, 0.4) is 0 Å². The van der Waals surface area contributed by atoms with Crippen molar-refractivity contribution < 1.29 is 32.2 Å². The predicted molar refractivity (Wildman–Crippen MR) is 196 cm³/mol. The molecule has 3 aromatic carbocycles. The standard InChI is InChI=1S/C38H36F3N5O4.BrH/c1-43(36(47)27-10-12-29(13-11-27)38(39,40)41)30-14-17-35(42-25-30)50-31-15-16-32-28(23-31)24-33(44(32)2)37(48)46-21-19-45(20-22-46)18-6-8-26-7-4-5-9-34(26)49-3;/h4-17,23-25H,18-22H2,1-3H3;1H. The van der Waals surface area contributed by atoms with Gasteiger partial charge in [0.05, 0.1) is 24.6 Å². The number of carbonyl (C=O) groups is 2. The molecule has 0 radical (unpaired) electrons. The smallest absolute Gasteiger partial charge is 0.416 e. The summed E-state index contributed by atoms with van der Waals surface area (Å²) in [5.41, 5.74) is 2.23. The fourth-order valence-electron chi connectivity index (χ4n) is 5.89. The van der Waals surface area contributed by atoms with E-state index in [4.69, 9.17) is 9.47 Å². The Morgan fingerprint density at radius 3 is 2.33 bits per heavy atom. The molecule has 13 heteroatoms. The van der Waals surface area contributed by atoms with E-state index in [0.717, 1.165) is 66.1 Å². The number of benzene rings is 3. The molecule has 2 amide bonds. The number of halogens is 4. The molecule has 1 saturated heterocycles. The zero-order valence-corrected chi connectivity index (χ0v) is 30.0. The first kappa shape index (κ1) is 37.1. The van der Waals surface area contributed by atoms with Gasteiger partial charge < -0.3 is 23.8 Å². The van der Waals surface area contributed by atoms with Gasteiger partial charge in [0.25, 0.3) is 11.8 Å². The van der Waals surface area contributed by atoms with Crippen LogP contribution in [-0.2, 0) is 13.2 Å². The van der Waals surface area contributed by atoms with Crippen molar-refractivity contribution in [2.75, 3.05) is 51.8 Å². The maximum Gasteiger partial charge on any atom is 0.416 e. The van der Waals surface area contributed by atoms with Gasteiger partial charge in [-0.3, -0.25) is 14.5 Å². The van der Waals surface area contributed by atoms with E-state index in [1.165, 1.54) is 18.1 Å². The molecule has 0 spiro atoms. The van der Waals surface area contributed by atoms with Gasteiger partial charge in [0, 0.05) is 74.9 Å². The van der Waals surface area contributed by atoms with Crippen LogP contribution in [0.1, 0.15) is 32.0 Å². The zero-order valence-electron chi connectivity index (χ0n) is 28.3. The summed E-state index contributed by atoms with van der Waals surface area (Å²) in [6, 6.07) is 22.6. The predicted octanol–water partition coefficient (Wildman–Crippen LogP) is 7.72. The molecule has 1 aliphatic rings. The van der Waals surface area contributed by atoms with Gasteiger partial charge in [-0.05, 0) is 60.7 Å². The number of methoxy groups -OCH3 is 1. The normalized spacial score (nSPS) is 13.6. The highest BCUT2D eigenvalue weighted by atomic mass is 79.9. The van der Waals surface area contributed by atoms with E-state index in [2.05, 4.69) is 22.0 Å². The number of alkyl halides is 3. The number of para-hydroxylation sites is 1. The third-order valence-electron chi connectivity index (χ3n) is 8.79. The SMILES string of the molecule is Br.COc1ccccc1C=CCN1CCN(C(=O)c2cc3cc(Oc4ccc(N(C)C(=O)c5ccc(C(F)(F)F)cc5)cn4)ccc3n2C)CC1. The van der Waals surface area contributed by atoms with E-state index < -0.39 is 17.6 Å². The molecule has 6 rings (SSSR count). The van der Waals surface area contributed by atoms with Crippen molar-refractivity contribution in [1.82, 2.24) is 19.4 Å². The number of nitrogens with zero attached hydrogens (tertiary/aromatic N) is 5. The van der Waals surface area contributed by atoms with E-state index in [9.17, 15) is 22.8 Å². The minimum Gasteiger partial charge on any atom is -0.496 e. The topological polar surface area (TPSA) is 80.1 Å². The second kappa shape index (κ2) is 15.8. The lowest BCUT2D eigenvalue weighted by Gasteiger charge is -2.34. The van der Waals surface area contributed by atoms with Crippen molar-refractivity contribution in [1.29, 1.82) is 0 Å². The van der Waals surface area contributed by atoms with Crippen molar-refractivity contribution in [3.05, 3.63) is 120 Å². The van der Waals surface area contributed by atoms with Gasteiger partial charge in [0.15, 0.2) is 0 Å². The minimum atomic E-state index is -4.48. The molecule has 0 bridgehead atoms. The largest absolute Gasteiger partial charge is 0.496 e. The van der Waals surface area contributed by atoms with Crippen LogP contribution in [0.25, 0.3) is 17.0 Å². The summed E-state index contributed by atoms with van der Waals surface area (Å²) in [5.74, 6) is 1.13. The molecule has 1 aliphatic heterocycles. The van der Waals surface area contributed by atoms with Crippen LogP contribution in [0, 0.1) is 0 Å². The molecule has 0 aliphatic carbocycles. The number of hydrogen-bond donors (Lipinski definition) is 0. The number of hydrogen-bond acceptors (Lipinski definition) is 6. The number of aromatic nitrogens is 2. The highest BCUT2D eigenvalue weighted by Crippen LogP contribution is 2.31. The summed E-state index contributed by atoms with van der Waals surface area (Å²) < 4.78 is 52.0. The van der Waals surface area contributed by atoms with Crippen LogP contribution in [0.5, 0.6) is 17.4 Å². The van der Waals surface area contributed by atoms with Crippen LogP contribution in [0.4, 0.5) is 18.9 Å². The number of piperazine rings is 1. The van der Waals surface area contributed by atoms with Gasteiger partial charge in [0.2, 0.25) is 5.88 Å². The number of aryl methyl sites for hydroxylation is 1. The highest BCUT2D eigenvalue weighted by Gasteiger charge is 2.30. The van der Waals surface area contributed by atoms with Crippen LogP contribution < -0.4 is 14.4 Å². The van der Waals surface area contributed by atoms with E-state index in [1.54, 1.807) is 25.3 Å².